The molecule has 2 aromatic carbocycles. The molecule has 0 atom stereocenters. The van der Waals surface area contributed by atoms with Crippen molar-refractivity contribution in [2.45, 2.75) is 72.6 Å². The number of hydrogen-bond donors (Lipinski definition) is 3. The van der Waals surface area contributed by atoms with Crippen LogP contribution in [0.2, 0.25) is 0 Å². The average Bonchev–Trinajstić information content (AvgIpc) is 2.93. The van der Waals surface area contributed by atoms with E-state index in [1.54, 1.807) is 20.2 Å². The van der Waals surface area contributed by atoms with Gasteiger partial charge in [0, 0.05) is 46.4 Å². The smallest absolute Gasteiger partial charge is 0.227 e. The predicted octanol–water partition coefficient (Wildman–Crippen LogP) is 6.92. The molecule has 39 heavy (non-hydrogen) atoms. The van der Waals surface area contributed by atoms with Gasteiger partial charge in [-0.25, -0.2) is 0 Å². The highest BCUT2D eigenvalue weighted by molar-refractivity contribution is 9.10. The Kier molecular flexibility index (Phi) is 13.7. The molecule has 8 heteroatoms. The molecule has 214 valence electrons. The number of benzene rings is 2. The molecule has 0 heterocycles. The number of amides is 2. The monoisotopic (exact) mass is 601 g/mol. The molecule has 2 aromatic rings. The van der Waals surface area contributed by atoms with Gasteiger partial charge in [-0.05, 0) is 88.2 Å². The van der Waals surface area contributed by atoms with E-state index in [1.807, 2.05) is 38.1 Å². The lowest BCUT2D eigenvalue weighted by Crippen LogP contribution is -2.27. The maximum absolute atomic E-state index is 12.3. The second-order valence-corrected chi connectivity index (χ2v) is 10.9. The van der Waals surface area contributed by atoms with E-state index in [4.69, 9.17) is 4.74 Å². The summed E-state index contributed by atoms with van der Waals surface area (Å²) in [5.74, 6) is 1.90. The van der Waals surface area contributed by atoms with Crippen molar-refractivity contribution in [3.8, 4) is 5.75 Å². The Morgan fingerprint density at radius 1 is 1.00 bits per heavy atom. The zero-order chi connectivity index (χ0) is 28.9. The third-order valence-corrected chi connectivity index (χ3v) is 7.99. The predicted molar refractivity (Wildman–Crippen MR) is 163 cm³/mol. The van der Waals surface area contributed by atoms with Gasteiger partial charge in [-0.1, -0.05) is 42.3 Å². The summed E-state index contributed by atoms with van der Waals surface area (Å²) >= 11 is 3.45. The molecule has 0 aromatic heterocycles. The van der Waals surface area contributed by atoms with Crippen LogP contribution >= 0.6 is 15.9 Å². The first-order valence-electron chi connectivity index (χ1n) is 13.9. The molecule has 1 aliphatic carbocycles. The largest absolute Gasteiger partial charge is 0.496 e. The van der Waals surface area contributed by atoms with Gasteiger partial charge in [0.25, 0.3) is 0 Å². The Hall–Kier alpha value is -2.71. The molecule has 0 unspecified atom stereocenters. The number of carbonyl (C=O) groups is 3. The second-order valence-electron chi connectivity index (χ2n) is 10.1. The summed E-state index contributed by atoms with van der Waals surface area (Å²) in [5.41, 5.74) is 4.18. The summed E-state index contributed by atoms with van der Waals surface area (Å²) in [7, 11) is 3.45. The number of nitrogens with one attached hydrogen (secondary N) is 3. The van der Waals surface area contributed by atoms with E-state index < -0.39 is 0 Å². The first-order chi connectivity index (χ1) is 18.6. The summed E-state index contributed by atoms with van der Waals surface area (Å²) in [6.45, 7) is 8.39. The lowest BCUT2D eigenvalue weighted by Gasteiger charge is -2.27. The molecule has 0 saturated heterocycles. The molecular formula is C31H44BrN3O4. The van der Waals surface area contributed by atoms with Crippen LogP contribution in [-0.2, 0) is 16.0 Å². The number of halogens is 1. The summed E-state index contributed by atoms with van der Waals surface area (Å²) in [6.07, 6.45) is 6.82. The van der Waals surface area contributed by atoms with Crippen LogP contribution in [0.15, 0.2) is 34.8 Å². The Morgan fingerprint density at radius 3 is 2.26 bits per heavy atom. The third kappa shape index (κ3) is 10.1. The number of hydrogen-bond acceptors (Lipinski definition) is 5. The van der Waals surface area contributed by atoms with Gasteiger partial charge in [0.1, 0.15) is 5.75 Å². The fourth-order valence-electron chi connectivity index (χ4n) is 4.82. The molecule has 0 radical (unpaired) electrons. The van der Waals surface area contributed by atoms with Crippen LogP contribution < -0.4 is 20.7 Å². The first kappa shape index (κ1) is 32.5. The highest BCUT2D eigenvalue weighted by atomic mass is 79.9. The summed E-state index contributed by atoms with van der Waals surface area (Å²) in [6, 6.07) is 9.38. The second kappa shape index (κ2) is 16.4. The van der Waals surface area contributed by atoms with Crippen LogP contribution in [0.5, 0.6) is 5.75 Å². The van der Waals surface area contributed by atoms with E-state index in [0.717, 1.165) is 52.2 Å². The van der Waals surface area contributed by atoms with Gasteiger partial charge in [0.15, 0.2) is 5.78 Å². The standard InChI is InChI=1S/C17H25NO2.C14H19BrN2O2/c1-4-13-6-8-14(9-7-13)17(19)18-15-10-5-12(2)16(11-15)20-3;1-4-11-12(9(2)18)7-10(8-13(11)15)17-14(19)5-6-16-3/h5,10-11,13-14H,4,6-9H2,1-3H3,(H,18,19);7-8,16H,4-6H2,1-3H3,(H,17,19). The molecule has 1 fully saturated rings. The average molecular weight is 603 g/mol. The van der Waals surface area contributed by atoms with Crippen LogP contribution in [0.25, 0.3) is 0 Å². The van der Waals surface area contributed by atoms with E-state index in [0.29, 0.717) is 24.2 Å². The number of anilines is 2. The number of rotatable bonds is 10. The minimum atomic E-state index is -0.0694. The minimum absolute atomic E-state index is 0.00359. The molecule has 0 aliphatic heterocycles. The first-order valence-corrected chi connectivity index (χ1v) is 14.7. The number of Topliss-reactive ketones (excluding diaryl/α,β-unsaturated/α-hetero) is 1. The number of aryl methyl sites for hydroxylation is 1. The summed E-state index contributed by atoms with van der Waals surface area (Å²) in [4.78, 5) is 35.6. The van der Waals surface area contributed by atoms with Crippen molar-refractivity contribution in [1.82, 2.24) is 5.32 Å². The Labute approximate surface area is 242 Å². The van der Waals surface area contributed by atoms with E-state index in [2.05, 4.69) is 38.8 Å². The molecule has 1 saturated carbocycles. The molecule has 1 aliphatic rings. The molecule has 7 nitrogen and oxygen atoms in total. The van der Waals surface area contributed by atoms with Gasteiger partial charge in [-0.15, -0.1) is 0 Å². The van der Waals surface area contributed by atoms with Gasteiger partial charge in [0.05, 0.1) is 7.11 Å². The van der Waals surface area contributed by atoms with Crippen molar-refractivity contribution in [2.75, 3.05) is 31.3 Å². The number of carbonyl (C=O) groups excluding carboxylic acids is 3. The molecule has 2 amide bonds. The van der Waals surface area contributed by atoms with Gasteiger partial charge in [-0.2, -0.15) is 0 Å². The van der Waals surface area contributed by atoms with Gasteiger partial charge < -0.3 is 20.7 Å². The number of methoxy groups -OCH3 is 1. The third-order valence-electron chi connectivity index (χ3n) is 7.28. The molecule has 3 N–H and O–H groups in total. The summed E-state index contributed by atoms with van der Waals surface area (Å²) in [5, 5.41) is 8.75. The highest BCUT2D eigenvalue weighted by Gasteiger charge is 2.25. The Morgan fingerprint density at radius 2 is 1.69 bits per heavy atom. The SMILES string of the molecule is CCC1CCC(C(=O)Nc2ccc(C)c(OC)c2)CC1.CCc1c(Br)cc(NC(=O)CCNC)cc1C(C)=O. The molecule has 0 bridgehead atoms. The van der Waals surface area contributed by atoms with E-state index in [-0.39, 0.29) is 23.5 Å². The lowest BCUT2D eigenvalue weighted by atomic mass is 9.80. The Bertz CT molecular complexity index is 1130. The normalized spacial score (nSPS) is 16.5. The van der Waals surface area contributed by atoms with Gasteiger partial charge in [0.2, 0.25) is 11.8 Å². The summed E-state index contributed by atoms with van der Waals surface area (Å²) < 4.78 is 6.14. The van der Waals surface area contributed by atoms with Crippen LogP contribution in [0.4, 0.5) is 11.4 Å². The van der Waals surface area contributed by atoms with Crippen molar-refractivity contribution in [3.63, 3.8) is 0 Å². The van der Waals surface area contributed by atoms with E-state index in [9.17, 15) is 14.4 Å². The highest BCUT2D eigenvalue weighted by Crippen LogP contribution is 2.32. The molecule has 3 rings (SSSR count). The number of ether oxygens (including phenoxy) is 1. The Balaban J connectivity index is 0.000000274. The minimum Gasteiger partial charge on any atom is -0.496 e. The topological polar surface area (TPSA) is 96.5 Å². The van der Waals surface area contributed by atoms with E-state index in [1.165, 1.54) is 26.2 Å². The van der Waals surface area contributed by atoms with Crippen molar-refractivity contribution in [3.05, 3.63) is 51.5 Å². The molecular weight excluding hydrogens is 558 g/mol. The van der Waals surface area contributed by atoms with Crippen LogP contribution in [0.1, 0.15) is 80.8 Å². The van der Waals surface area contributed by atoms with Crippen LogP contribution in [-0.4, -0.2) is 38.3 Å². The van der Waals surface area contributed by atoms with Gasteiger partial charge in [-0.3, -0.25) is 14.4 Å². The maximum Gasteiger partial charge on any atom is 0.227 e. The van der Waals surface area contributed by atoms with Crippen molar-refractivity contribution >= 4 is 44.9 Å². The quantitative estimate of drug-likeness (QED) is 0.257. The molecule has 0 spiro atoms. The maximum atomic E-state index is 12.3. The fraction of sp³-hybridized carbons (Fsp3) is 0.516. The zero-order valence-electron chi connectivity index (χ0n) is 24.2. The fourth-order valence-corrected chi connectivity index (χ4v) is 5.56. The van der Waals surface area contributed by atoms with Crippen LogP contribution in [0, 0.1) is 18.8 Å². The van der Waals surface area contributed by atoms with E-state index >= 15 is 0 Å². The lowest BCUT2D eigenvalue weighted by molar-refractivity contribution is -0.121. The van der Waals surface area contributed by atoms with Crippen molar-refractivity contribution in [2.24, 2.45) is 11.8 Å². The number of ketones is 1. The van der Waals surface area contributed by atoms with Crippen molar-refractivity contribution < 1.29 is 19.1 Å². The van der Waals surface area contributed by atoms with Crippen LogP contribution in [0.3, 0.4) is 0 Å². The van der Waals surface area contributed by atoms with Gasteiger partial charge >= 0.3 is 0 Å². The zero-order valence-corrected chi connectivity index (χ0v) is 25.8. The van der Waals surface area contributed by atoms with Crippen molar-refractivity contribution in [1.29, 1.82) is 0 Å².